The molecule has 28 heavy (non-hydrogen) atoms. The predicted octanol–water partition coefficient (Wildman–Crippen LogP) is 1.25. The molecule has 0 aliphatic heterocycles. The molecule has 0 saturated carbocycles. The molecule has 0 radical (unpaired) electrons. The molecule has 2 rings (SSSR count). The number of aliphatic hydroxyl groups excluding tert-OH is 1. The van der Waals surface area contributed by atoms with E-state index < -0.39 is 11.8 Å². The third kappa shape index (κ3) is 6.35. The zero-order valence-corrected chi connectivity index (χ0v) is 15.0. The summed E-state index contributed by atoms with van der Waals surface area (Å²) in [5.74, 6) is -1.50. The van der Waals surface area contributed by atoms with Gasteiger partial charge in [-0.05, 0) is 29.8 Å². The van der Waals surface area contributed by atoms with Crippen LogP contribution in [0.4, 0.5) is 11.4 Å². The van der Waals surface area contributed by atoms with Gasteiger partial charge in [-0.15, -0.1) is 0 Å². The van der Waals surface area contributed by atoms with Crippen LogP contribution in [0.3, 0.4) is 0 Å². The molecule has 0 spiro atoms. The Hall–Kier alpha value is -3.49. The van der Waals surface area contributed by atoms with Gasteiger partial charge in [-0.25, -0.2) is 5.48 Å². The standard InChI is InChI=1S/C20H21N3O5/c24-13-12-23(17-4-2-1-3-5-17)20(27)14-15-6-8-16(9-7-15)21-18(25)10-11-19(26)22-28/h1-11,24,28H,12-14H2,(H,21,25)(H,22,26). The summed E-state index contributed by atoms with van der Waals surface area (Å²) < 4.78 is 0. The Bertz CT molecular complexity index is 835. The number of anilines is 2. The summed E-state index contributed by atoms with van der Waals surface area (Å²) in [5.41, 5.74) is 3.33. The summed E-state index contributed by atoms with van der Waals surface area (Å²) in [6.45, 7) is 0.0537. The van der Waals surface area contributed by atoms with Crippen LogP contribution in [-0.4, -0.2) is 41.2 Å². The van der Waals surface area contributed by atoms with Crippen molar-refractivity contribution in [3.05, 3.63) is 72.3 Å². The number of benzene rings is 2. The van der Waals surface area contributed by atoms with Gasteiger partial charge in [0.05, 0.1) is 13.0 Å². The maximum atomic E-state index is 12.6. The number of carbonyl (C=O) groups is 3. The van der Waals surface area contributed by atoms with Crippen LogP contribution in [-0.2, 0) is 20.8 Å². The van der Waals surface area contributed by atoms with Gasteiger partial charge in [0, 0.05) is 30.1 Å². The van der Waals surface area contributed by atoms with Crippen LogP contribution in [0.15, 0.2) is 66.7 Å². The van der Waals surface area contributed by atoms with E-state index >= 15 is 0 Å². The van der Waals surface area contributed by atoms with Gasteiger partial charge in [0.15, 0.2) is 0 Å². The second-order valence-corrected chi connectivity index (χ2v) is 5.78. The van der Waals surface area contributed by atoms with Crippen LogP contribution in [0.1, 0.15) is 5.56 Å². The first-order chi connectivity index (χ1) is 13.5. The molecule has 0 aliphatic carbocycles. The van der Waals surface area contributed by atoms with E-state index in [9.17, 15) is 19.5 Å². The highest BCUT2D eigenvalue weighted by molar-refractivity contribution is 6.03. The number of nitrogens with one attached hydrogen (secondary N) is 2. The minimum absolute atomic E-state index is 0.139. The summed E-state index contributed by atoms with van der Waals surface area (Å²) >= 11 is 0. The fourth-order valence-electron chi connectivity index (χ4n) is 2.45. The third-order valence-electron chi connectivity index (χ3n) is 3.77. The lowest BCUT2D eigenvalue weighted by atomic mass is 10.1. The quantitative estimate of drug-likeness (QED) is 0.311. The number of hydroxylamine groups is 1. The largest absolute Gasteiger partial charge is 0.395 e. The molecule has 8 heteroatoms. The van der Waals surface area contributed by atoms with Crippen molar-refractivity contribution >= 4 is 29.1 Å². The molecule has 3 amide bonds. The van der Waals surface area contributed by atoms with Crippen LogP contribution in [0.5, 0.6) is 0 Å². The smallest absolute Gasteiger partial charge is 0.267 e. The monoisotopic (exact) mass is 383 g/mol. The molecule has 2 aromatic rings. The average Bonchev–Trinajstić information content (AvgIpc) is 2.72. The molecule has 2 aromatic carbocycles. The van der Waals surface area contributed by atoms with Crippen molar-refractivity contribution in [3.63, 3.8) is 0 Å². The Morgan fingerprint density at radius 1 is 0.929 bits per heavy atom. The van der Waals surface area contributed by atoms with Crippen LogP contribution in [0.25, 0.3) is 0 Å². The number of nitrogens with zero attached hydrogens (tertiary/aromatic N) is 1. The third-order valence-corrected chi connectivity index (χ3v) is 3.77. The Morgan fingerprint density at radius 3 is 2.18 bits per heavy atom. The number of rotatable bonds is 8. The van der Waals surface area contributed by atoms with Crippen molar-refractivity contribution in [3.8, 4) is 0 Å². The molecular formula is C20H21N3O5. The van der Waals surface area contributed by atoms with Gasteiger partial charge in [0.25, 0.3) is 5.91 Å². The number of amides is 3. The summed E-state index contributed by atoms with van der Waals surface area (Å²) in [6, 6.07) is 15.8. The molecule has 0 saturated heterocycles. The Morgan fingerprint density at radius 2 is 1.57 bits per heavy atom. The lowest BCUT2D eigenvalue weighted by molar-refractivity contribution is -0.124. The summed E-state index contributed by atoms with van der Waals surface area (Å²) in [5, 5.41) is 20.2. The Kier molecular flexibility index (Phi) is 7.89. The minimum atomic E-state index is -0.810. The molecule has 8 nitrogen and oxygen atoms in total. The van der Waals surface area contributed by atoms with E-state index in [1.807, 2.05) is 18.2 Å². The first kappa shape index (κ1) is 20.8. The van der Waals surface area contributed by atoms with Gasteiger partial charge in [0.2, 0.25) is 11.8 Å². The van der Waals surface area contributed by atoms with Gasteiger partial charge in [-0.1, -0.05) is 30.3 Å². The number of para-hydroxylation sites is 1. The van der Waals surface area contributed by atoms with E-state index in [0.717, 1.165) is 17.7 Å². The first-order valence-corrected chi connectivity index (χ1v) is 8.52. The number of aliphatic hydroxyl groups is 1. The topological polar surface area (TPSA) is 119 Å². The molecule has 4 N–H and O–H groups in total. The zero-order chi connectivity index (χ0) is 20.4. The lowest BCUT2D eigenvalue weighted by Gasteiger charge is -2.22. The van der Waals surface area contributed by atoms with Crippen LogP contribution in [0, 0.1) is 0 Å². The molecule has 0 unspecified atom stereocenters. The second kappa shape index (κ2) is 10.6. The summed E-state index contributed by atoms with van der Waals surface area (Å²) in [6.07, 6.45) is 2.01. The SMILES string of the molecule is O=C(C=CC(=O)Nc1ccc(CC(=O)N(CCO)c2ccccc2)cc1)NO. The van der Waals surface area contributed by atoms with Crippen LogP contribution < -0.4 is 15.7 Å². The average molecular weight is 383 g/mol. The minimum Gasteiger partial charge on any atom is -0.395 e. The summed E-state index contributed by atoms with van der Waals surface area (Å²) in [4.78, 5) is 36.7. The predicted molar refractivity (Wildman–Crippen MR) is 104 cm³/mol. The first-order valence-electron chi connectivity index (χ1n) is 8.52. The molecule has 0 bridgehead atoms. The van der Waals surface area contributed by atoms with E-state index in [0.29, 0.717) is 11.4 Å². The molecule has 0 atom stereocenters. The number of hydrogen-bond donors (Lipinski definition) is 4. The highest BCUT2D eigenvalue weighted by Crippen LogP contribution is 2.16. The summed E-state index contributed by atoms with van der Waals surface area (Å²) in [7, 11) is 0. The highest BCUT2D eigenvalue weighted by atomic mass is 16.5. The second-order valence-electron chi connectivity index (χ2n) is 5.78. The van der Waals surface area contributed by atoms with Crippen molar-refractivity contribution in [2.45, 2.75) is 6.42 Å². The maximum Gasteiger partial charge on any atom is 0.267 e. The van der Waals surface area contributed by atoms with Crippen molar-refractivity contribution in [2.24, 2.45) is 0 Å². The lowest BCUT2D eigenvalue weighted by Crippen LogP contribution is -2.34. The number of hydrogen-bond acceptors (Lipinski definition) is 5. The van der Waals surface area contributed by atoms with Gasteiger partial charge in [-0.3, -0.25) is 19.6 Å². The van der Waals surface area contributed by atoms with E-state index in [2.05, 4.69) is 5.32 Å². The normalized spacial score (nSPS) is 10.5. The highest BCUT2D eigenvalue weighted by Gasteiger charge is 2.15. The van der Waals surface area contributed by atoms with Crippen molar-refractivity contribution in [1.29, 1.82) is 0 Å². The fourth-order valence-corrected chi connectivity index (χ4v) is 2.45. The number of carbonyl (C=O) groups excluding carboxylic acids is 3. The molecule has 0 heterocycles. The molecule has 0 aromatic heterocycles. The maximum absolute atomic E-state index is 12.6. The van der Waals surface area contributed by atoms with E-state index in [4.69, 9.17) is 5.21 Å². The Labute approximate surface area is 162 Å². The fraction of sp³-hybridized carbons (Fsp3) is 0.150. The van der Waals surface area contributed by atoms with Crippen molar-refractivity contribution < 1.29 is 24.7 Å². The molecule has 0 aliphatic rings. The van der Waals surface area contributed by atoms with Crippen LogP contribution in [0.2, 0.25) is 0 Å². The van der Waals surface area contributed by atoms with E-state index in [-0.39, 0.29) is 25.5 Å². The van der Waals surface area contributed by atoms with Gasteiger partial charge < -0.3 is 15.3 Å². The van der Waals surface area contributed by atoms with Gasteiger partial charge in [-0.2, -0.15) is 0 Å². The zero-order valence-electron chi connectivity index (χ0n) is 15.0. The van der Waals surface area contributed by atoms with Gasteiger partial charge >= 0.3 is 0 Å². The van der Waals surface area contributed by atoms with Crippen molar-refractivity contribution in [1.82, 2.24) is 5.48 Å². The van der Waals surface area contributed by atoms with E-state index in [1.165, 1.54) is 10.4 Å². The molecule has 146 valence electrons. The molecular weight excluding hydrogens is 362 g/mol. The molecule has 0 fully saturated rings. The Balaban J connectivity index is 1.99. The van der Waals surface area contributed by atoms with E-state index in [1.54, 1.807) is 36.4 Å². The van der Waals surface area contributed by atoms with Gasteiger partial charge in [0.1, 0.15) is 0 Å². The van der Waals surface area contributed by atoms with Crippen molar-refractivity contribution in [2.75, 3.05) is 23.4 Å². The van der Waals surface area contributed by atoms with Crippen LogP contribution >= 0.6 is 0 Å².